The molecule has 13 heavy (non-hydrogen) atoms. The second kappa shape index (κ2) is 4.25. The predicted molar refractivity (Wildman–Crippen MR) is 49.1 cm³/mol. The standard InChI is InChI=1S/C9H16N2O2/c1-3-8(12)10-6-7-4-5-9(13)11(7)2/h7H,3-6H2,1-2H3,(H,10,12). The molecule has 0 aromatic carbocycles. The average molecular weight is 184 g/mol. The molecule has 1 unspecified atom stereocenters. The summed E-state index contributed by atoms with van der Waals surface area (Å²) in [5.74, 6) is 0.225. The van der Waals surface area contributed by atoms with Crippen LogP contribution in [-0.2, 0) is 9.59 Å². The van der Waals surface area contributed by atoms with Gasteiger partial charge in [0.15, 0.2) is 0 Å². The highest BCUT2D eigenvalue weighted by atomic mass is 16.2. The molecular weight excluding hydrogens is 168 g/mol. The Morgan fingerprint density at radius 1 is 1.69 bits per heavy atom. The lowest BCUT2D eigenvalue weighted by atomic mass is 10.2. The van der Waals surface area contributed by atoms with Crippen molar-refractivity contribution in [2.45, 2.75) is 32.2 Å². The first kappa shape index (κ1) is 10.0. The van der Waals surface area contributed by atoms with E-state index in [1.165, 1.54) is 0 Å². The second-order valence-corrected chi connectivity index (χ2v) is 3.35. The summed E-state index contributed by atoms with van der Waals surface area (Å²) in [7, 11) is 1.79. The zero-order valence-electron chi connectivity index (χ0n) is 8.17. The maximum atomic E-state index is 11.1. The van der Waals surface area contributed by atoms with Crippen molar-refractivity contribution in [1.29, 1.82) is 0 Å². The molecule has 4 heteroatoms. The Bertz CT molecular complexity index is 216. The Morgan fingerprint density at radius 3 is 2.85 bits per heavy atom. The van der Waals surface area contributed by atoms with Gasteiger partial charge in [0.25, 0.3) is 0 Å². The van der Waals surface area contributed by atoms with E-state index in [2.05, 4.69) is 5.32 Å². The summed E-state index contributed by atoms with van der Waals surface area (Å²) in [6.07, 6.45) is 1.98. The summed E-state index contributed by atoms with van der Waals surface area (Å²) in [5.41, 5.74) is 0. The SMILES string of the molecule is CCC(=O)NCC1CCC(=O)N1C. The number of hydrogen-bond donors (Lipinski definition) is 1. The summed E-state index contributed by atoms with van der Waals surface area (Å²) < 4.78 is 0. The fourth-order valence-electron chi connectivity index (χ4n) is 1.46. The third-order valence-corrected chi connectivity index (χ3v) is 2.49. The van der Waals surface area contributed by atoms with Gasteiger partial charge in [0.2, 0.25) is 11.8 Å². The van der Waals surface area contributed by atoms with Crippen molar-refractivity contribution in [2.75, 3.05) is 13.6 Å². The van der Waals surface area contributed by atoms with Crippen LogP contribution in [0.25, 0.3) is 0 Å². The lowest BCUT2D eigenvalue weighted by Crippen LogP contribution is -2.39. The van der Waals surface area contributed by atoms with Crippen molar-refractivity contribution in [1.82, 2.24) is 10.2 Å². The minimum absolute atomic E-state index is 0.0488. The van der Waals surface area contributed by atoms with E-state index in [1.807, 2.05) is 6.92 Å². The molecule has 1 aliphatic rings. The van der Waals surface area contributed by atoms with Gasteiger partial charge >= 0.3 is 0 Å². The molecule has 74 valence electrons. The van der Waals surface area contributed by atoms with Crippen LogP contribution in [0.15, 0.2) is 0 Å². The van der Waals surface area contributed by atoms with Crippen LogP contribution in [-0.4, -0.2) is 36.3 Å². The summed E-state index contributed by atoms with van der Waals surface area (Å²) in [5, 5.41) is 2.79. The van der Waals surface area contributed by atoms with Gasteiger partial charge in [-0.2, -0.15) is 0 Å². The number of amides is 2. The third kappa shape index (κ3) is 2.44. The minimum Gasteiger partial charge on any atom is -0.354 e. The molecule has 1 rings (SSSR count). The lowest BCUT2D eigenvalue weighted by molar-refractivity contribution is -0.128. The summed E-state index contributed by atoms with van der Waals surface area (Å²) in [6.45, 7) is 2.41. The molecule has 1 saturated heterocycles. The molecule has 0 saturated carbocycles. The normalized spacial score (nSPS) is 22.2. The number of carbonyl (C=O) groups is 2. The molecule has 2 amide bonds. The summed E-state index contributed by atoms with van der Waals surface area (Å²) in [6, 6.07) is 0.197. The van der Waals surface area contributed by atoms with Crippen molar-refractivity contribution < 1.29 is 9.59 Å². The molecule has 0 aliphatic carbocycles. The van der Waals surface area contributed by atoms with Crippen LogP contribution in [0.5, 0.6) is 0 Å². The Morgan fingerprint density at radius 2 is 2.38 bits per heavy atom. The third-order valence-electron chi connectivity index (χ3n) is 2.49. The van der Waals surface area contributed by atoms with Crippen LogP contribution in [0.4, 0.5) is 0 Å². The highest BCUT2D eigenvalue weighted by molar-refractivity contribution is 5.79. The number of nitrogens with zero attached hydrogens (tertiary/aromatic N) is 1. The summed E-state index contributed by atoms with van der Waals surface area (Å²) >= 11 is 0. The van der Waals surface area contributed by atoms with Gasteiger partial charge in [0.1, 0.15) is 0 Å². The van der Waals surface area contributed by atoms with Crippen molar-refractivity contribution in [2.24, 2.45) is 0 Å². The van der Waals surface area contributed by atoms with Crippen LogP contribution in [0.3, 0.4) is 0 Å². The number of rotatable bonds is 3. The zero-order chi connectivity index (χ0) is 9.84. The number of nitrogens with one attached hydrogen (secondary N) is 1. The van der Waals surface area contributed by atoms with Crippen LogP contribution in [0.1, 0.15) is 26.2 Å². The van der Waals surface area contributed by atoms with Gasteiger partial charge in [0, 0.05) is 32.5 Å². The molecule has 1 heterocycles. The molecule has 1 aliphatic heterocycles. The fourth-order valence-corrected chi connectivity index (χ4v) is 1.46. The largest absolute Gasteiger partial charge is 0.354 e. The lowest BCUT2D eigenvalue weighted by Gasteiger charge is -2.19. The van der Waals surface area contributed by atoms with Crippen LogP contribution in [0.2, 0.25) is 0 Å². The first-order valence-corrected chi connectivity index (χ1v) is 4.67. The molecule has 4 nitrogen and oxygen atoms in total. The van der Waals surface area contributed by atoms with Gasteiger partial charge in [-0.15, -0.1) is 0 Å². The number of likely N-dealkylation sites (N-methyl/N-ethyl adjacent to an activating group) is 1. The molecular formula is C9H16N2O2. The molecule has 1 fully saturated rings. The van der Waals surface area contributed by atoms with Crippen LogP contribution >= 0.6 is 0 Å². The maximum Gasteiger partial charge on any atom is 0.222 e. The van der Waals surface area contributed by atoms with Crippen molar-refractivity contribution in [3.8, 4) is 0 Å². The van der Waals surface area contributed by atoms with E-state index < -0.39 is 0 Å². The molecule has 0 aromatic heterocycles. The van der Waals surface area contributed by atoms with Crippen molar-refractivity contribution >= 4 is 11.8 Å². The Hall–Kier alpha value is -1.06. The van der Waals surface area contributed by atoms with E-state index in [0.29, 0.717) is 19.4 Å². The minimum atomic E-state index is 0.0488. The highest BCUT2D eigenvalue weighted by Gasteiger charge is 2.27. The zero-order valence-corrected chi connectivity index (χ0v) is 8.17. The predicted octanol–water partition coefficient (Wildman–Crippen LogP) is 0.133. The summed E-state index contributed by atoms with van der Waals surface area (Å²) in [4.78, 5) is 23.8. The number of carbonyl (C=O) groups excluding carboxylic acids is 2. The monoisotopic (exact) mass is 184 g/mol. The second-order valence-electron chi connectivity index (χ2n) is 3.35. The van der Waals surface area contributed by atoms with Crippen molar-refractivity contribution in [3.63, 3.8) is 0 Å². The smallest absolute Gasteiger partial charge is 0.222 e. The molecule has 0 bridgehead atoms. The quantitative estimate of drug-likeness (QED) is 0.678. The molecule has 1 N–H and O–H groups in total. The Kier molecular flexibility index (Phi) is 3.28. The number of likely N-dealkylation sites (tertiary alicyclic amines) is 1. The van der Waals surface area contributed by atoms with E-state index in [-0.39, 0.29) is 17.9 Å². The Balaban J connectivity index is 2.30. The van der Waals surface area contributed by atoms with E-state index in [1.54, 1.807) is 11.9 Å². The van der Waals surface area contributed by atoms with E-state index in [4.69, 9.17) is 0 Å². The molecule has 0 spiro atoms. The van der Waals surface area contributed by atoms with Gasteiger partial charge in [-0.1, -0.05) is 6.92 Å². The fraction of sp³-hybridized carbons (Fsp3) is 0.778. The first-order valence-electron chi connectivity index (χ1n) is 4.67. The van der Waals surface area contributed by atoms with E-state index in [0.717, 1.165) is 6.42 Å². The highest BCUT2D eigenvalue weighted by Crippen LogP contribution is 2.15. The van der Waals surface area contributed by atoms with Crippen molar-refractivity contribution in [3.05, 3.63) is 0 Å². The topological polar surface area (TPSA) is 49.4 Å². The molecule has 0 aromatic rings. The maximum absolute atomic E-state index is 11.1. The Labute approximate surface area is 78.3 Å². The van der Waals surface area contributed by atoms with Crippen LogP contribution in [0, 0.1) is 0 Å². The molecule has 0 radical (unpaired) electrons. The van der Waals surface area contributed by atoms with Gasteiger partial charge < -0.3 is 10.2 Å². The van der Waals surface area contributed by atoms with Crippen LogP contribution < -0.4 is 5.32 Å². The molecule has 1 atom stereocenters. The van der Waals surface area contributed by atoms with Gasteiger partial charge in [0.05, 0.1) is 0 Å². The van der Waals surface area contributed by atoms with Gasteiger partial charge in [-0.3, -0.25) is 9.59 Å². The van der Waals surface area contributed by atoms with Gasteiger partial charge in [-0.25, -0.2) is 0 Å². The first-order chi connectivity index (χ1) is 6.15. The van der Waals surface area contributed by atoms with E-state index >= 15 is 0 Å². The average Bonchev–Trinajstić information content (AvgIpc) is 2.44. The number of hydrogen-bond acceptors (Lipinski definition) is 2. The van der Waals surface area contributed by atoms with E-state index in [9.17, 15) is 9.59 Å². The van der Waals surface area contributed by atoms with Gasteiger partial charge in [-0.05, 0) is 6.42 Å².